The molecule has 5 rings (SSSR count). The highest BCUT2D eigenvalue weighted by Gasteiger charge is 2.27. The molecule has 0 bridgehead atoms. The van der Waals surface area contributed by atoms with Gasteiger partial charge in [0.25, 0.3) is 10.0 Å². The van der Waals surface area contributed by atoms with Crippen molar-refractivity contribution < 1.29 is 13.2 Å². The van der Waals surface area contributed by atoms with Gasteiger partial charge in [-0.3, -0.25) is 4.79 Å². The van der Waals surface area contributed by atoms with Gasteiger partial charge in [0.1, 0.15) is 8.55 Å². The van der Waals surface area contributed by atoms with E-state index >= 15 is 0 Å². The lowest BCUT2D eigenvalue weighted by Gasteiger charge is -2.14. The van der Waals surface area contributed by atoms with E-state index in [2.05, 4.69) is 44.6 Å². The number of sulfonamides is 1. The zero-order valence-corrected chi connectivity index (χ0v) is 22.1. The lowest BCUT2D eigenvalue weighted by molar-refractivity contribution is -0.119. The van der Waals surface area contributed by atoms with Crippen molar-refractivity contribution in [3.63, 3.8) is 0 Å². The largest absolute Gasteiger partial charge is 0.316 e. The molecule has 0 fully saturated rings. The zero-order valence-electron chi connectivity index (χ0n) is 18.1. The number of amides is 1. The Morgan fingerprint density at radius 1 is 1.17 bits per heavy atom. The Morgan fingerprint density at radius 3 is 2.77 bits per heavy atom. The van der Waals surface area contributed by atoms with Gasteiger partial charge in [-0.15, -0.1) is 11.3 Å². The predicted molar refractivity (Wildman–Crippen MR) is 144 cm³/mol. The van der Waals surface area contributed by atoms with Crippen molar-refractivity contribution in [3.8, 4) is 0 Å². The number of thiophene rings is 1. The molecule has 1 aliphatic rings. The fourth-order valence-corrected chi connectivity index (χ4v) is 8.06. The summed E-state index contributed by atoms with van der Waals surface area (Å²) in [4.78, 5) is 17.0. The molecule has 0 saturated carbocycles. The fourth-order valence-electron chi connectivity index (χ4n) is 3.99. The van der Waals surface area contributed by atoms with Crippen molar-refractivity contribution in [1.82, 2.24) is 14.3 Å². The van der Waals surface area contributed by atoms with Crippen LogP contribution in [-0.4, -0.2) is 29.6 Å². The van der Waals surface area contributed by atoms with Gasteiger partial charge in [-0.2, -0.15) is 0 Å². The van der Waals surface area contributed by atoms with Crippen molar-refractivity contribution in [3.05, 3.63) is 75.3 Å². The molecule has 11 heteroatoms. The maximum Gasteiger partial charge on any atom is 0.273 e. The predicted octanol–water partition coefficient (Wildman–Crippen LogP) is 6.51. The van der Waals surface area contributed by atoms with Gasteiger partial charge in [0.05, 0.1) is 16.9 Å². The molecule has 1 N–H and O–H groups in total. The standard InChI is InChI=1S/C24H19Cl2N3O3S3/c25-20-12-22(34-23(20)26)35(31,32)28-21(30)11-10-18-14-33-24-27-13-17(29(18)24)9-8-16-6-3-5-15-4-1-2-7-19(15)16/h1-9,12-13,18H,10-11,14H2,(H,28,30)/b9-8+. The van der Waals surface area contributed by atoms with Crippen LogP contribution in [-0.2, 0) is 14.8 Å². The number of benzene rings is 2. The Hall–Kier alpha value is -2.30. The van der Waals surface area contributed by atoms with Crippen LogP contribution in [0.15, 0.2) is 64.1 Å². The van der Waals surface area contributed by atoms with E-state index in [1.54, 1.807) is 11.8 Å². The third kappa shape index (κ3) is 5.15. The van der Waals surface area contributed by atoms with Crippen molar-refractivity contribution in [2.45, 2.75) is 28.2 Å². The van der Waals surface area contributed by atoms with E-state index < -0.39 is 15.9 Å². The number of thioether (sulfide) groups is 1. The Kier molecular flexibility index (Phi) is 6.96. The van der Waals surface area contributed by atoms with Crippen LogP contribution >= 0.6 is 46.3 Å². The van der Waals surface area contributed by atoms with Gasteiger partial charge in [-0.25, -0.2) is 18.1 Å². The summed E-state index contributed by atoms with van der Waals surface area (Å²) in [5.41, 5.74) is 2.05. The third-order valence-electron chi connectivity index (χ3n) is 5.66. The molecule has 6 nitrogen and oxygen atoms in total. The normalized spacial score (nSPS) is 15.7. The molecular formula is C24H19Cl2N3O3S3. The van der Waals surface area contributed by atoms with E-state index in [0.29, 0.717) is 6.42 Å². The molecule has 0 spiro atoms. The molecule has 1 amide bonds. The minimum Gasteiger partial charge on any atom is -0.316 e. The highest BCUT2D eigenvalue weighted by Crippen LogP contribution is 2.37. The molecule has 2 aromatic heterocycles. The van der Waals surface area contributed by atoms with Crippen molar-refractivity contribution >= 4 is 85.2 Å². The van der Waals surface area contributed by atoms with E-state index in [1.807, 2.05) is 30.5 Å². The summed E-state index contributed by atoms with van der Waals surface area (Å²) in [5, 5.41) is 3.38. The Bertz CT molecular complexity index is 1540. The van der Waals surface area contributed by atoms with Gasteiger partial charge in [0.2, 0.25) is 5.91 Å². The van der Waals surface area contributed by atoms with Gasteiger partial charge < -0.3 is 4.57 Å². The van der Waals surface area contributed by atoms with E-state index in [-0.39, 0.29) is 26.0 Å². The highest BCUT2D eigenvalue weighted by molar-refractivity contribution is 7.99. The van der Waals surface area contributed by atoms with E-state index in [0.717, 1.165) is 33.5 Å². The van der Waals surface area contributed by atoms with Crippen LogP contribution in [0.2, 0.25) is 9.36 Å². The molecule has 0 saturated heterocycles. The molecule has 0 aliphatic carbocycles. The summed E-state index contributed by atoms with van der Waals surface area (Å²) in [6, 6.07) is 15.7. The molecule has 0 radical (unpaired) electrons. The molecular weight excluding hydrogens is 545 g/mol. The van der Waals surface area contributed by atoms with Gasteiger partial charge in [0.15, 0.2) is 5.16 Å². The van der Waals surface area contributed by atoms with Crippen molar-refractivity contribution in [2.75, 3.05) is 5.75 Å². The number of carbonyl (C=O) groups excluding carboxylic acids is 1. The van der Waals surface area contributed by atoms with E-state index in [9.17, 15) is 13.2 Å². The second kappa shape index (κ2) is 9.99. The average Bonchev–Trinajstić information content (AvgIpc) is 3.52. The third-order valence-corrected chi connectivity index (χ3v) is 10.5. The Morgan fingerprint density at radius 2 is 1.97 bits per heavy atom. The first-order chi connectivity index (χ1) is 16.8. The summed E-state index contributed by atoms with van der Waals surface area (Å²) in [6.07, 6.45) is 6.47. The molecule has 1 unspecified atom stereocenters. The van der Waals surface area contributed by atoms with Crippen LogP contribution in [0.1, 0.15) is 30.1 Å². The van der Waals surface area contributed by atoms with Gasteiger partial charge in [0, 0.05) is 18.2 Å². The number of halogens is 2. The maximum atomic E-state index is 12.5. The van der Waals surface area contributed by atoms with Crippen molar-refractivity contribution in [2.24, 2.45) is 0 Å². The van der Waals surface area contributed by atoms with Crippen LogP contribution in [0.25, 0.3) is 22.9 Å². The summed E-state index contributed by atoms with van der Waals surface area (Å²) >= 11 is 14.1. The van der Waals surface area contributed by atoms with E-state index in [1.165, 1.54) is 16.8 Å². The molecule has 1 atom stereocenters. The molecule has 35 heavy (non-hydrogen) atoms. The quantitative estimate of drug-likeness (QED) is 0.277. The number of nitrogens with zero attached hydrogens (tertiary/aromatic N) is 2. The number of carbonyl (C=O) groups is 1. The molecule has 3 heterocycles. The number of imidazole rings is 1. The van der Waals surface area contributed by atoms with Crippen LogP contribution in [0.4, 0.5) is 0 Å². The van der Waals surface area contributed by atoms with Gasteiger partial charge >= 0.3 is 0 Å². The first-order valence-electron chi connectivity index (χ1n) is 10.7. The smallest absolute Gasteiger partial charge is 0.273 e. The lowest BCUT2D eigenvalue weighted by Crippen LogP contribution is -2.30. The number of fused-ring (bicyclic) bond motifs is 2. The molecule has 180 valence electrons. The number of hydrogen-bond donors (Lipinski definition) is 1. The Labute approximate surface area is 221 Å². The first-order valence-corrected chi connectivity index (χ1v) is 14.7. The number of nitrogens with one attached hydrogen (secondary N) is 1. The summed E-state index contributed by atoms with van der Waals surface area (Å²) in [6.45, 7) is 0. The topological polar surface area (TPSA) is 81.1 Å². The highest BCUT2D eigenvalue weighted by atomic mass is 35.5. The number of hydrogen-bond acceptors (Lipinski definition) is 6. The Balaban J connectivity index is 1.28. The van der Waals surface area contributed by atoms with Crippen LogP contribution < -0.4 is 4.72 Å². The minimum absolute atomic E-state index is 0.0312. The summed E-state index contributed by atoms with van der Waals surface area (Å²) in [7, 11) is -4.01. The monoisotopic (exact) mass is 563 g/mol. The summed E-state index contributed by atoms with van der Waals surface area (Å²) < 4.78 is 29.2. The molecule has 2 aromatic carbocycles. The SMILES string of the molecule is O=C(CCC1CSc2ncc(/C=C/c3cccc4ccccc34)n21)NS(=O)(=O)c1cc(Cl)c(Cl)s1. The number of aromatic nitrogens is 2. The zero-order chi connectivity index (χ0) is 24.6. The van der Waals surface area contributed by atoms with E-state index in [4.69, 9.17) is 23.2 Å². The van der Waals surface area contributed by atoms with Crippen LogP contribution in [0.3, 0.4) is 0 Å². The second-order valence-corrected chi connectivity index (χ2v) is 12.9. The summed E-state index contributed by atoms with van der Waals surface area (Å²) in [5.74, 6) is 0.200. The second-order valence-electron chi connectivity index (χ2n) is 7.96. The minimum atomic E-state index is -4.01. The van der Waals surface area contributed by atoms with Crippen LogP contribution in [0, 0.1) is 0 Å². The lowest BCUT2D eigenvalue weighted by atomic mass is 10.0. The number of rotatable bonds is 7. The van der Waals surface area contributed by atoms with Gasteiger partial charge in [-0.1, -0.05) is 83.5 Å². The van der Waals surface area contributed by atoms with Crippen molar-refractivity contribution in [1.29, 1.82) is 0 Å². The maximum absolute atomic E-state index is 12.5. The van der Waals surface area contributed by atoms with Crippen LogP contribution in [0.5, 0.6) is 0 Å². The molecule has 1 aliphatic heterocycles. The fraction of sp³-hybridized carbons (Fsp3) is 0.167. The first kappa shape index (κ1) is 24.4. The average molecular weight is 565 g/mol. The molecule has 4 aromatic rings. The van der Waals surface area contributed by atoms with Gasteiger partial charge in [-0.05, 0) is 34.9 Å².